The number of hydrogen-bond donors (Lipinski definition) is 0. The number of nitrogens with zero attached hydrogens (tertiary/aromatic N) is 6. The summed E-state index contributed by atoms with van der Waals surface area (Å²) in [5.74, 6) is 0.831. The molecule has 0 N–H and O–H groups in total. The van der Waals surface area contributed by atoms with Crippen LogP contribution in [0.4, 0.5) is 10.3 Å². The van der Waals surface area contributed by atoms with Crippen molar-refractivity contribution in [3.8, 4) is 5.75 Å². The highest BCUT2D eigenvalue weighted by Crippen LogP contribution is 2.25. The highest BCUT2D eigenvalue weighted by molar-refractivity contribution is 5.32. The molecule has 0 spiro atoms. The van der Waals surface area contributed by atoms with Crippen LogP contribution in [0.1, 0.15) is 18.2 Å². The number of aromatic nitrogens is 5. The highest BCUT2D eigenvalue weighted by Gasteiger charge is 2.27. The lowest BCUT2D eigenvalue weighted by molar-refractivity contribution is 0.260. The summed E-state index contributed by atoms with van der Waals surface area (Å²) in [7, 11) is 0. The van der Waals surface area contributed by atoms with Gasteiger partial charge in [-0.05, 0) is 18.2 Å². The molecule has 25 heavy (non-hydrogen) atoms. The zero-order valence-corrected chi connectivity index (χ0v) is 13.5. The third kappa shape index (κ3) is 3.42. The number of ether oxygens (including phenoxy) is 1. The van der Waals surface area contributed by atoms with Crippen LogP contribution in [0.15, 0.2) is 49.2 Å². The molecule has 0 saturated carbocycles. The second-order valence-electron chi connectivity index (χ2n) is 5.83. The monoisotopic (exact) mass is 340 g/mol. The fourth-order valence-electron chi connectivity index (χ4n) is 2.97. The van der Waals surface area contributed by atoms with Crippen molar-refractivity contribution < 1.29 is 9.13 Å². The van der Waals surface area contributed by atoms with E-state index in [0.717, 1.165) is 17.9 Å². The van der Waals surface area contributed by atoms with Gasteiger partial charge < -0.3 is 9.64 Å². The lowest BCUT2D eigenvalue weighted by Gasteiger charge is -2.33. The second kappa shape index (κ2) is 6.84. The van der Waals surface area contributed by atoms with Crippen molar-refractivity contribution in [2.45, 2.75) is 19.0 Å². The van der Waals surface area contributed by atoms with Crippen molar-refractivity contribution >= 4 is 5.95 Å². The van der Waals surface area contributed by atoms with E-state index >= 15 is 0 Å². The van der Waals surface area contributed by atoms with Crippen molar-refractivity contribution in [1.82, 2.24) is 24.7 Å². The van der Waals surface area contributed by atoms with Crippen LogP contribution in [-0.4, -0.2) is 37.9 Å². The highest BCUT2D eigenvalue weighted by atomic mass is 19.1. The summed E-state index contributed by atoms with van der Waals surface area (Å²) in [6, 6.07) is 5.83. The van der Waals surface area contributed by atoms with Crippen LogP contribution in [-0.2, 0) is 6.54 Å². The van der Waals surface area contributed by atoms with E-state index < -0.39 is 5.82 Å². The summed E-state index contributed by atoms with van der Waals surface area (Å²) in [5, 5.41) is 4.43. The molecule has 1 aliphatic heterocycles. The van der Waals surface area contributed by atoms with Gasteiger partial charge in [0, 0.05) is 25.4 Å². The molecule has 4 heterocycles. The lowest BCUT2D eigenvalue weighted by atomic mass is 10.1. The Morgan fingerprint density at radius 1 is 1.16 bits per heavy atom. The average Bonchev–Trinajstić information content (AvgIpc) is 3.12. The molecule has 7 nitrogen and oxygen atoms in total. The Morgan fingerprint density at radius 2 is 2.04 bits per heavy atom. The van der Waals surface area contributed by atoms with Gasteiger partial charge in [0.1, 0.15) is 5.75 Å². The Balaban J connectivity index is 1.46. The number of hydrogen-bond acceptors (Lipinski definition) is 6. The number of pyridine rings is 1. The van der Waals surface area contributed by atoms with E-state index in [1.807, 2.05) is 27.8 Å². The van der Waals surface area contributed by atoms with E-state index in [4.69, 9.17) is 4.74 Å². The Morgan fingerprint density at radius 3 is 2.84 bits per heavy atom. The van der Waals surface area contributed by atoms with Crippen molar-refractivity contribution in [2.75, 3.05) is 18.1 Å². The second-order valence-corrected chi connectivity index (χ2v) is 5.83. The minimum atomic E-state index is -0.438. The van der Waals surface area contributed by atoms with Gasteiger partial charge in [0.05, 0.1) is 43.5 Å². The number of rotatable bonds is 5. The van der Waals surface area contributed by atoms with E-state index in [1.54, 1.807) is 18.6 Å². The first-order valence-corrected chi connectivity index (χ1v) is 8.07. The first-order chi connectivity index (χ1) is 12.3. The minimum absolute atomic E-state index is 0.129. The van der Waals surface area contributed by atoms with Crippen molar-refractivity contribution in [2.24, 2.45) is 0 Å². The fourth-order valence-corrected chi connectivity index (χ4v) is 2.97. The van der Waals surface area contributed by atoms with Gasteiger partial charge in [0.15, 0.2) is 5.82 Å². The summed E-state index contributed by atoms with van der Waals surface area (Å²) in [4.78, 5) is 14.3. The van der Waals surface area contributed by atoms with Crippen LogP contribution in [0, 0.1) is 5.82 Å². The van der Waals surface area contributed by atoms with Crippen LogP contribution in [0.25, 0.3) is 0 Å². The van der Waals surface area contributed by atoms with Gasteiger partial charge in [-0.1, -0.05) is 0 Å². The first-order valence-electron chi connectivity index (χ1n) is 8.07. The van der Waals surface area contributed by atoms with Crippen LogP contribution in [0.2, 0.25) is 0 Å². The number of anilines is 1. The molecular weight excluding hydrogens is 323 g/mol. The summed E-state index contributed by atoms with van der Waals surface area (Å²) >= 11 is 0. The molecule has 4 rings (SSSR count). The third-order valence-corrected chi connectivity index (χ3v) is 4.13. The van der Waals surface area contributed by atoms with E-state index in [0.29, 0.717) is 25.6 Å². The zero-order chi connectivity index (χ0) is 17.1. The average molecular weight is 340 g/mol. The predicted octanol–water partition coefficient (Wildman–Crippen LogP) is 2.24. The largest absolute Gasteiger partial charge is 0.492 e. The van der Waals surface area contributed by atoms with Crippen molar-refractivity contribution in [3.05, 3.63) is 60.7 Å². The smallest absolute Gasteiger partial charge is 0.225 e. The molecule has 1 aliphatic rings. The maximum absolute atomic E-state index is 13.1. The molecule has 0 saturated heterocycles. The van der Waals surface area contributed by atoms with E-state index in [9.17, 15) is 4.39 Å². The SMILES string of the molecule is Fc1cnc(N2Cc3ccnn3C(CCOc3cccnc3)C2)nc1. The molecule has 128 valence electrons. The molecule has 1 atom stereocenters. The van der Waals surface area contributed by atoms with Gasteiger partial charge in [-0.3, -0.25) is 9.67 Å². The van der Waals surface area contributed by atoms with Gasteiger partial charge in [-0.25, -0.2) is 14.4 Å². The van der Waals surface area contributed by atoms with Gasteiger partial charge in [0.25, 0.3) is 0 Å². The molecule has 3 aromatic rings. The normalized spacial score (nSPS) is 16.5. The topological polar surface area (TPSA) is 69.0 Å². The molecule has 0 aliphatic carbocycles. The Kier molecular flexibility index (Phi) is 4.24. The summed E-state index contributed by atoms with van der Waals surface area (Å²) in [6.07, 6.45) is 8.35. The third-order valence-electron chi connectivity index (χ3n) is 4.13. The minimum Gasteiger partial charge on any atom is -0.492 e. The van der Waals surface area contributed by atoms with E-state index in [1.165, 1.54) is 12.4 Å². The van der Waals surface area contributed by atoms with Gasteiger partial charge in [-0.2, -0.15) is 5.10 Å². The maximum Gasteiger partial charge on any atom is 0.225 e. The molecule has 1 unspecified atom stereocenters. The summed E-state index contributed by atoms with van der Waals surface area (Å²) in [5.41, 5.74) is 1.07. The standard InChI is InChI=1S/C17H17FN6O/c18-13-8-20-17(21-9-13)23-11-14-3-6-22-24(14)15(12-23)4-7-25-16-2-1-5-19-10-16/h1-3,5-6,8-10,15H,4,7,11-12H2. The van der Waals surface area contributed by atoms with Gasteiger partial charge >= 0.3 is 0 Å². The van der Waals surface area contributed by atoms with Crippen LogP contribution in [0.5, 0.6) is 5.75 Å². The summed E-state index contributed by atoms with van der Waals surface area (Å²) < 4.78 is 20.8. The Hall–Kier alpha value is -3.03. The van der Waals surface area contributed by atoms with Crippen molar-refractivity contribution in [1.29, 1.82) is 0 Å². The molecular formula is C17H17FN6O. The quantitative estimate of drug-likeness (QED) is 0.709. The number of fused-ring (bicyclic) bond motifs is 1. The Labute approximate surface area is 144 Å². The van der Waals surface area contributed by atoms with E-state index in [2.05, 4.69) is 20.1 Å². The number of halogens is 1. The van der Waals surface area contributed by atoms with Crippen LogP contribution in [0.3, 0.4) is 0 Å². The maximum atomic E-state index is 13.1. The van der Waals surface area contributed by atoms with Crippen molar-refractivity contribution in [3.63, 3.8) is 0 Å². The molecule has 0 aromatic carbocycles. The van der Waals surface area contributed by atoms with Gasteiger partial charge in [0.2, 0.25) is 5.95 Å². The zero-order valence-electron chi connectivity index (χ0n) is 13.5. The summed E-state index contributed by atoms with van der Waals surface area (Å²) in [6.45, 7) is 1.89. The lowest BCUT2D eigenvalue weighted by Crippen LogP contribution is -2.39. The fraction of sp³-hybridized carbons (Fsp3) is 0.294. The molecule has 0 bridgehead atoms. The molecule has 0 radical (unpaired) electrons. The predicted molar refractivity (Wildman–Crippen MR) is 88.7 cm³/mol. The van der Waals surface area contributed by atoms with Crippen LogP contribution < -0.4 is 9.64 Å². The Bertz CT molecular complexity index is 823. The first kappa shape index (κ1) is 15.5. The van der Waals surface area contributed by atoms with Crippen LogP contribution >= 0.6 is 0 Å². The van der Waals surface area contributed by atoms with Gasteiger partial charge in [-0.15, -0.1) is 0 Å². The van der Waals surface area contributed by atoms with E-state index in [-0.39, 0.29) is 6.04 Å². The molecule has 0 amide bonds. The molecule has 3 aromatic heterocycles. The molecule has 8 heteroatoms. The molecule has 0 fully saturated rings.